The van der Waals surface area contributed by atoms with Crippen molar-refractivity contribution in [3.63, 3.8) is 0 Å². The van der Waals surface area contributed by atoms with Gasteiger partial charge in [0.2, 0.25) is 5.91 Å². The molecule has 0 aliphatic carbocycles. The molecular formula is C13H22N2O4. The van der Waals surface area contributed by atoms with E-state index in [0.717, 1.165) is 12.8 Å². The minimum atomic E-state index is -0.475. The second-order valence-electron chi connectivity index (χ2n) is 4.23. The number of esters is 1. The molecule has 0 aromatic heterocycles. The van der Waals surface area contributed by atoms with Crippen molar-refractivity contribution in [1.29, 1.82) is 0 Å². The van der Waals surface area contributed by atoms with Gasteiger partial charge in [0.25, 0.3) is 0 Å². The number of methoxy groups -OCH3 is 1. The third kappa shape index (κ3) is 8.82. The normalized spacial score (nSPS) is 12.5. The fourth-order valence-corrected chi connectivity index (χ4v) is 1.42. The van der Waals surface area contributed by atoms with Gasteiger partial charge in [0.1, 0.15) is 12.3 Å². The number of carbonyl (C=O) groups is 3. The molecule has 6 heteroatoms. The number of rotatable bonds is 9. The zero-order valence-corrected chi connectivity index (χ0v) is 11.7. The SMILES string of the molecule is COC(=O)[C@H](CCCCNC(C)=O)NC=C(C)C=O. The van der Waals surface area contributed by atoms with Crippen LogP contribution in [0.2, 0.25) is 0 Å². The van der Waals surface area contributed by atoms with Crippen molar-refractivity contribution in [2.24, 2.45) is 0 Å². The molecule has 0 rings (SSSR count). The Bertz CT molecular complexity index is 340. The molecule has 2 N–H and O–H groups in total. The van der Waals surface area contributed by atoms with E-state index in [2.05, 4.69) is 15.4 Å². The highest BCUT2D eigenvalue weighted by Crippen LogP contribution is 2.03. The van der Waals surface area contributed by atoms with E-state index in [4.69, 9.17) is 0 Å². The molecule has 108 valence electrons. The van der Waals surface area contributed by atoms with Crippen molar-refractivity contribution in [1.82, 2.24) is 10.6 Å². The molecule has 0 aromatic carbocycles. The predicted octanol–water partition coefficient (Wildman–Crippen LogP) is 0.527. The molecule has 0 aliphatic heterocycles. The molecule has 6 nitrogen and oxygen atoms in total. The summed E-state index contributed by atoms with van der Waals surface area (Å²) in [6.07, 6.45) is 4.33. The second kappa shape index (κ2) is 10.1. The summed E-state index contributed by atoms with van der Waals surface area (Å²) in [6, 6.07) is -0.475. The molecule has 0 aliphatic rings. The summed E-state index contributed by atoms with van der Waals surface area (Å²) in [6.45, 7) is 3.70. The molecule has 0 radical (unpaired) electrons. The Labute approximate surface area is 113 Å². The standard InChI is InChI=1S/C13H22N2O4/c1-10(9-16)8-15-12(13(18)19-3)6-4-5-7-14-11(2)17/h8-9,12,15H,4-7H2,1-3H3,(H,14,17)/t12-/m0/s1. The van der Waals surface area contributed by atoms with Gasteiger partial charge >= 0.3 is 5.97 Å². The number of nitrogens with one attached hydrogen (secondary N) is 2. The van der Waals surface area contributed by atoms with E-state index in [1.165, 1.54) is 20.2 Å². The molecule has 0 aromatic rings. The second-order valence-corrected chi connectivity index (χ2v) is 4.23. The van der Waals surface area contributed by atoms with Gasteiger partial charge in [-0.1, -0.05) is 0 Å². The minimum Gasteiger partial charge on any atom is -0.467 e. The molecule has 0 fully saturated rings. The van der Waals surface area contributed by atoms with Crippen LogP contribution in [-0.2, 0) is 19.1 Å². The van der Waals surface area contributed by atoms with Crippen LogP contribution in [0.1, 0.15) is 33.1 Å². The van der Waals surface area contributed by atoms with Crippen LogP contribution in [0.15, 0.2) is 11.8 Å². The number of carbonyl (C=O) groups excluding carboxylic acids is 3. The first kappa shape index (κ1) is 17.2. The third-order valence-electron chi connectivity index (χ3n) is 2.48. The summed E-state index contributed by atoms with van der Waals surface area (Å²) in [5.74, 6) is -0.429. The number of amides is 1. The highest BCUT2D eigenvalue weighted by atomic mass is 16.5. The Hall–Kier alpha value is -1.85. The van der Waals surface area contributed by atoms with E-state index in [1.807, 2.05) is 0 Å². The Morgan fingerprint density at radius 1 is 1.26 bits per heavy atom. The fourth-order valence-electron chi connectivity index (χ4n) is 1.42. The van der Waals surface area contributed by atoms with Crippen LogP contribution in [0.3, 0.4) is 0 Å². The lowest BCUT2D eigenvalue weighted by Gasteiger charge is -2.15. The van der Waals surface area contributed by atoms with Crippen LogP contribution in [0.25, 0.3) is 0 Å². The molecular weight excluding hydrogens is 248 g/mol. The maximum Gasteiger partial charge on any atom is 0.328 e. The van der Waals surface area contributed by atoms with Gasteiger partial charge in [-0.3, -0.25) is 9.59 Å². The van der Waals surface area contributed by atoms with E-state index < -0.39 is 6.04 Å². The molecule has 1 amide bonds. The van der Waals surface area contributed by atoms with Crippen LogP contribution < -0.4 is 10.6 Å². The van der Waals surface area contributed by atoms with Crippen molar-refractivity contribution in [2.75, 3.05) is 13.7 Å². The molecule has 0 spiro atoms. The highest BCUT2D eigenvalue weighted by Gasteiger charge is 2.16. The van der Waals surface area contributed by atoms with Crippen LogP contribution >= 0.6 is 0 Å². The van der Waals surface area contributed by atoms with Gasteiger partial charge in [-0.25, -0.2) is 4.79 Å². The highest BCUT2D eigenvalue weighted by molar-refractivity contribution is 5.76. The summed E-state index contributed by atoms with van der Waals surface area (Å²) in [5.41, 5.74) is 0.507. The summed E-state index contributed by atoms with van der Waals surface area (Å²) in [7, 11) is 1.32. The largest absolute Gasteiger partial charge is 0.467 e. The maximum atomic E-state index is 11.5. The number of hydrogen-bond donors (Lipinski definition) is 2. The first-order valence-electron chi connectivity index (χ1n) is 6.21. The average Bonchev–Trinajstić information content (AvgIpc) is 2.40. The molecule has 0 saturated carbocycles. The number of unbranched alkanes of at least 4 members (excludes halogenated alkanes) is 1. The van der Waals surface area contributed by atoms with Crippen molar-refractivity contribution < 1.29 is 19.1 Å². The van der Waals surface area contributed by atoms with Crippen LogP contribution in [0.5, 0.6) is 0 Å². The van der Waals surface area contributed by atoms with Crippen molar-refractivity contribution >= 4 is 18.2 Å². The van der Waals surface area contributed by atoms with Gasteiger partial charge in [-0.2, -0.15) is 0 Å². The Kier molecular flexibility index (Phi) is 9.12. The number of ether oxygens (including phenoxy) is 1. The summed E-state index contributed by atoms with van der Waals surface area (Å²) in [5, 5.41) is 5.55. The maximum absolute atomic E-state index is 11.5. The lowest BCUT2D eigenvalue weighted by atomic mass is 10.1. The number of allylic oxidation sites excluding steroid dienone is 1. The Balaban J connectivity index is 4.11. The number of hydrogen-bond acceptors (Lipinski definition) is 5. The predicted molar refractivity (Wildman–Crippen MR) is 71.3 cm³/mol. The van der Waals surface area contributed by atoms with Crippen molar-refractivity contribution in [3.8, 4) is 0 Å². The van der Waals surface area contributed by atoms with E-state index in [-0.39, 0.29) is 11.9 Å². The van der Waals surface area contributed by atoms with Crippen molar-refractivity contribution in [2.45, 2.75) is 39.2 Å². The zero-order chi connectivity index (χ0) is 14.7. The molecule has 0 heterocycles. The van der Waals surface area contributed by atoms with Crippen molar-refractivity contribution in [3.05, 3.63) is 11.8 Å². The Morgan fingerprint density at radius 2 is 1.95 bits per heavy atom. The number of aldehydes is 1. The van der Waals surface area contributed by atoms with Gasteiger partial charge in [-0.15, -0.1) is 0 Å². The summed E-state index contributed by atoms with van der Waals surface area (Å²) >= 11 is 0. The summed E-state index contributed by atoms with van der Waals surface area (Å²) < 4.78 is 4.68. The molecule has 19 heavy (non-hydrogen) atoms. The van der Waals surface area contributed by atoms with Gasteiger partial charge < -0.3 is 15.4 Å². The van der Waals surface area contributed by atoms with Crippen LogP contribution in [0.4, 0.5) is 0 Å². The lowest BCUT2D eigenvalue weighted by Crippen LogP contribution is -2.34. The monoisotopic (exact) mass is 270 g/mol. The van der Waals surface area contributed by atoms with E-state index in [1.54, 1.807) is 6.92 Å². The first-order valence-corrected chi connectivity index (χ1v) is 6.21. The zero-order valence-electron chi connectivity index (χ0n) is 11.7. The van der Waals surface area contributed by atoms with Gasteiger partial charge in [0, 0.05) is 25.2 Å². The molecule has 0 unspecified atom stereocenters. The lowest BCUT2D eigenvalue weighted by molar-refractivity contribution is -0.143. The van der Waals surface area contributed by atoms with E-state index >= 15 is 0 Å². The van der Waals surface area contributed by atoms with Gasteiger partial charge in [-0.05, 0) is 26.2 Å². The smallest absolute Gasteiger partial charge is 0.328 e. The summed E-state index contributed by atoms with van der Waals surface area (Å²) in [4.78, 5) is 32.6. The molecule has 0 saturated heterocycles. The molecule has 1 atom stereocenters. The quantitative estimate of drug-likeness (QED) is 0.276. The Morgan fingerprint density at radius 3 is 2.47 bits per heavy atom. The fraction of sp³-hybridized carbons (Fsp3) is 0.615. The van der Waals surface area contributed by atoms with Gasteiger partial charge in [0.15, 0.2) is 0 Å². The molecule has 0 bridgehead atoms. The first-order chi connectivity index (χ1) is 9.01. The third-order valence-corrected chi connectivity index (χ3v) is 2.48. The van der Waals surface area contributed by atoms with E-state index in [9.17, 15) is 14.4 Å². The minimum absolute atomic E-state index is 0.0628. The van der Waals surface area contributed by atoms with Gasteiger partial charge in [0.05, 0.1) is 7.11 Å². The average molecular weight is 270 g/mol. The topological polar surface area (TPSA) is 84.5 Å². The van der Waals surface area contributed by atoms with Crippen LogP contribution in [0, 0.1) is 0 Å². The van der Waals surface area contributed by atoms with Crippen LogP contribution in [-0.4, -0.2) is 37.9 Å². The van der Waals surface area contributed by atoms with E-state index in [0.29, 0.717) is 24.8 Å².